The zero-order valence-corrected chi connectivity index (χ0v) is 11.7. The predicted molar refractivity (Wildman–Crippen MR) is 70.8 cm³/mol. The van der Waals surface area contributed by atoms with Gasteiger partial charge < -0.3 is 15.2 Å². The number of aliphatic carboxylic acids is 1. The summed E-state index contributed by atoms with van der Waals surface area (Å²) < 4.78 is 5.49. The molecule has 0 radical (unpaired) electrons. The molecule has 18 heavy (non-hydrogen) atoms. The van der Waals surface area contributed by atoms with Crippen LogP contribution in [0.1, 0.15) is 33.1 Å². The lowest BCUT2D eigenvalue weighted by molar-refractivity contribution is -0.144. The molecule has 0 aromatic heterocycles. The van der Waals surface area contributed by atoms with Crippen molar-refractivity contribution in [1.29, 1.82) is 0 Å². The van der Waals surface area contributed by atoms with E-state index < -0.39 is 11.5 Å². The van der Waals surface area contributed by atoms with Gasteiger partial charge in [0.2, 0.25) is 0 Å². The van der Waals surface area contributed by atoms with Crippen molar-refractivity contribution in [2.45, 2.75) is 44.8 Å². The van der Waals surface area contributed by atoms with Crippen LogP contribution in [-0.2, 0) is 9.53 Å². The number of rotatable bonds is 7. The topological polar surface area (TPSA) is 61.8 Å². The zero-order valence-electron chi connectivity index (χ0n) is 11.7. The summed E-state index contributed by atoms with van der Waals surface area (Å²) in [6.45, 7) is 7.66. The fraction of sp³-hybridized carbons (Fsp3) is 0.923. The Morgan fingerprint density at radius 1 is 1.56 bits per heavy atom. The van der Waals surface area contributed by atoms with E-state index in [2.05, 4.69) is 17.1 Å². The number of morpholine rings is 1. The predicted octanol–water partition coefficient (Wildman–Crippen LogP) is 0.940. The van der Waals surface area contributed by atoms with E-state index >= 15 is 0 Å². The van der Waals surface area contributed by atoms with Crippen molar-refractivity contribution >= 4 is 5.97 Å². The Bertz CT molecular complexity index is 273. The van der Waals surface area contributed by atoms with Gasteiger partial charge in [0.1, 0.15) is 5.54 Å². The molecule has 5 heteroatoms. The Hall–Kier alpha value is -0.650. The lowest BCUT2D eigenvalue weighted by atomic mass is 9.95. The molecule has 0 saturated carbocycles. The van der Waals surface area contributed by atoms with Crippen molar-refractivity contribution < 1.29 is 14.6 Å². The molecule has 2 atom stereocenters. The molecule has 1 heterocycles. The van der Waals surface area contributed by atoms with Crippen molar-refractivity contribution in [3.05, 3.63) is 0 Å². The number of ether oxygens (including phenoxy) is 1. The second-order valence-corrected chi connectivity index (χ2v) is 5.33. The number of carboxylic acid groups (broad SMARTS) is 1. The van der Waals surface area contributed by atoms with Crippen LogP contribution in [0.4, 0.5) is 0 Å². The molecule has 2 unspecified atom stereocenters. The van der Waals surface area contributed by atoms with E-state index in [-0.39, 0.29) is 0 Å². The van der Waals surface area contributed by atoms with Gasteiger partial charge in [-0.3, -0.25) is 9.69 Å². The maximum absolute atomic E-state index is 11.1. The molecule has 5 nitrogen and oxygen atoms in total. The Kier molecular flexibility index (Phi) is 6.05. The molecule has 106 valence electrons. The average Bonchev–Trinajstić information content (AvgIpc) is 2.34. The van der Waals surface area contributed by atoms with E-state index in [1.807, 2.05) is 0 Å². The number of nitrogens with zero attached hydrogens (tertiary/aromatic N) is 1. The zero-order chi connectivity index (χ0) is 13.6. The van der Waals surface area contributed by atoms with Crippen LogP contribution in [0.5, 0.6) is 0 Å². The van der Waals surface area contributed by atoms with E-state index in [1.165, 1.54) is 0 Å². The summed E-state index contributed by atoms with van der Waals surface area (Å²) in [5, 5.41) is 12.0. The SMILES string of the molecule is CNC(C)(CCCCN1CCOC(C)C1)C(=O)O. The lowest BCUT2D eigenvalue weighted by Gasteiger charge is -2.31. The molecular weight excluding hydrogens is 232 g/mol. The molecule has 0 amide bonds. The second kappa shape index (κ2) is 7.07. The minimum absolute atomic E-state index is 0.320. The highest BCUT2D eigenvalue weighted by molar-refractivity contribution is 5.78. The highest BCUT2D eigenvalue weighted by atomic mass is 16.5. The summed E-state index contributed by atoms with van der Waals surface area (Å²) >= 11 is 0. The van der Waals surface area contributed by atoms with Crippen molar-refractivity contribution in [1.82, 2.24) is 10.2 Å². The molecule has 0 aromatic carbocycles. The number of hydrogen-bond acceptors (Lipinski definition) is 4. The monoisotopic (exact) mass is 258 g/mol. The van der Waals surface area contributed by atoms with Gasteiger partial charge in [0, 0.05) is 13.1 Å². The molecular formula is C13H26N2O3. The summed E-state index contributed by atoms with van der Waals surface area (Å²) in [7, 11) is 1.71. The molecule has 0 spiro atoms. The molecule has 0 aromatic rings. The van der Waals surface area contributed by atoms with Crippen LogP contribution in [-0.4, -0.2) is 60.9 Å². The highest BCUT2D eigenvalue weighted by Gasteiger charge is 2.30. The van der Waals surface area contributed by atoms with Crippen molar-refractivity contribution in [3.8, 4) is 0 Å². The van der Waals surface area contributed by atoms with Crippen molar-refractivity contribution in [3.63, 3.8) is 0 Å². The minimum Gasteiger partial charge on any atom is -0.480 e. The molecule has 1 saturated heterocycles. The third-order valence-corrected chi connectivity index (χ3v) is 3.75. The Balaban J connectivity index is 2.19. The van der Waals surface area contributed by atoms with Gasteiger partial charge in [-0.15, -0.1) is 0 Å². The van der Waals surface area contributed by atoms with Crippen LogP contribution in [0.15, 0.2) is 0 Å². The number of likely N-dealkylation sites (N-methyl/N-ethyl adjacent to an activating group) is 1. The molecule has 0 bridgehead atoms. The first-order valence-electron chi connectivity index (χ1n) is 6.74. The average molecular weight is 258 g/mol. The Labute approximate surface area is 109 Å². The van der Waals surface area contributed by atoms with Gasteiger partial charge in [0.15, 0.2) is 0 Å². The van der Waals surface area contributed by atoms with Gasteiger partial charge in [-0.25, -0.2) is 0 Å². The molecule has 1 aliphatic heterocycles. The third-order valence-electron chi connectivity index (χ3n) is 3.75. The van der Waals surface area contributed by atoms with E-state index in [1.54, 1.807) is 14.0 Å². The van der Waals surface area contributed by atoms with Gasteiger partial charge >= 0.3 is 5.97 Å². The fourth-order valence-electron chi connectivity index (χ4n) is 2.25. The van der Waals surface area contributed by atoms with Crippen LogP contribution >= 0.6 is 0 Å². The Morgan fingerprint density at radius 3 is 2.83 bits per heavy atom. The third kappa shape index (κ3) is 4.55. The van der Waals surface area contributed by atoms with Crippen molar-refractivity contribution in [2.24, 2.45) is 0 Å². The smallest absolute Gasteiger partial charge is 0.323 e. The summed E-state index contributed by atoms with van der Waals surface area (Å²) in [4.78, 5) is 13.5. The molecule has 2 N–H and O–H groups in total. The number of nitrogens with one attached hydrogen (secondary N) is 1. The van der Waals surface area contributed by atoms with Gasteiger partial charge in [-0.05, 0) is 46.7 Å². The number of unbranched alkanes of at least 4 members (excludes halogenated alkanes) is 1. The second-order valence-electron chi connectivity index (χ2n) is 5.33. The molecule has 1 rings (SSSR count). The maximum atomic E-state index is 11.1. The normalized spacial score (nSPS) is 24.7. The van der Waals surface area contributed by atoms with Gasteiger partial charge in [-0.2, -0.15) is 0 Å². The van der Waals surface area contributed by atoms with Crippen LogP contribution in [0, 0.1) is 0 Å². The first kappa shape index (κ1) is 15.4. The maximum Gasteiger partial charge on any atom is 0.323 e. The van der Waals surface area contributed by atoms with E-state index in [0.29, 0.717) is 12.5 Å². The quantitative estimate of drug-likeness (QED) is 0.666. The van der Waals surface area contributed by atoms with E-state index in [0.717, 1.165) is 39.1 Å². The van der Waals surface area contributed by atoms with Crippen LogP contribution in [0.3, 0.4) is 0 Å². The van der Waals surface area contributed by atoms with Gasteiger partial charge in [0.25, 0.3) is 0 Å². The minimum atomic E-state index is -0.793. The summed E-state index contributed by atoms with van der Waals surface area (Å²) in [5.74, 6) is -0.773. The Morgan fingerprint density at radius 2 is 2.28 bits per heavy atom. The first-order valence-corrected chi connectivity index (χ1v) is 6.74. The first-order chi connectivity index (χ1) is 8.48. The number of hydrogen-bond donors (Lipinski definition) is 2. The number of carbonyl (C=O) groups is 1. The standard InChI is InChI=1S/C13H26N2O3/c1-11-10-15(8-9-18-11)7-5-4-6-13(2,14-3)12(16)17/h11,14H,4-10H2,1-3H3,(H,16,17). The van der Waals surface area contributed by atoms with Crippen LogP contribution < -0.4 is 5.32 Å². The highest BCUT2D eigenvalue weighted by Crippen LogP contribution is 2.14. The van der Waals surface area contributed by atoms with Gasteiger partial charge in [-0.1, -0.05) is 0 Å². The molecule has 1 aliphatic rings. The summed E-state index contributed by atoms with van der Waals surface area (Å²) in [6.07, 6.45) is 2.95. The van der Waals surface area contributed by atoms with Crippen LogP contribution in [0.25, 0.3) is 0 Å². The number of carboxylic acids is 1. The molecule has 0 aliphatic carbocycles. The van der Waals surface area contributed by atoms with E-state index in [4.69, 9.17) is 9.84 Å². The lowest BCUT2D eigenvalue weighted by Crippen LogP contribution is -2.47. The largest absolute Gasteiger partial charge is 0.480 e. The van der Waals surface area contributed by atoms with Crippen molar-refractivity contribution in [2.75, 3.05) is 33.3 Å². The van der Waals surface area contributed by atoms with Gasteiger partial charge in [0.05, 0.1) is 12.7 Å². The van der Waals surface area contributed by atoms with Crippen LogP contribution in [0.2, 0.25) is 0 Å². The fourth-order valence-corrected chi connectivity index (χ4v) is 2.25. The summed E-state index contributed by atoms with van der Waals surface area (Å²) in [6, 6.07) is 0. The molecule has 1 fully saturated rings. The summed E-state index contributed by atoms with van der Waals surface area (Å²) in [5.41, 5.74) is -0.793. The van der Waals surface area contributed by atoms with E-state index in [9.17, 15) is 4.79 Å².